The number of alkyl carbamates (subject to hydrolysis) is 1. The van der Waals surface area contributed by atoms with Crippen LogP contribution in [0.4, 0.5) is 4.79 Å². The number of unbranched alkanes of at least 4 members (excludes halogenated alkanes) is 2. The number of esters is 1. The second kappa shape index (κ2) is 12.5. The van der Waals surface area contributed by atoms with Gasteiger partial charge in [0.15, 0.2) is 6.10 Å². The number of carbonyl (C=O) groups is 2. The lowest BCUT2D eigenvalue weighted by Gasteiger charge is -2.11. The first-order valence-corrected chi connectivity index (χ1v) is 9.48. The Kier molecular flexibility index (Phi) is 9.58. The number of ether oxygens (including phenoxy) is 2. The number of hydrogen-bond acceptors (Lipinski definition) is 5. The second-order valence-corrected chi connectivity index (χ2v) is 6.45. The monoisotopic (exact) mass is 385 g/mol. The Labute approximate surface area is 165 Å². The molecular formula is C22H27NO5. The number of amides is 1. The zero-order chi connectivity index (χ0) is 20.0. The molecule has 0 aliphatic rings. The van der Waals surface area contributed by atoms with Crippen molar-refractivity contribution in [3.05, 3.63) is 71.8 Å². The first-order chi connectivity index (χ1) is 13.6. The normalized spacial score (nSPS) is 11.5. The minimum atomic E-state index is -1.12. The molecule has 0 fully saturated rings. The molecule has 2 rings (SSSR count). The lowest BCUT2D eigenvalue weighted by Crippen LogP contribution is -2.25. The Hall–Kier alpha value is -2.86. The van der Waals surface area contributed by atoms with Crippen LogP contribution in [0, 0.1) is 0 Å². The Morgan fingerprint density at radius 3 is 2.00 bits per heavy atom. The van der Waals surface area contributed by atoms with Crippen molar-refractivity contribution in [2.45, 2.75) is 45.0 Å². The van der Waals surface area contributed by atoms with E-state index in [0.29, 0.717) is 19.4 Å². The summed E-state index contributed by atoms with van der Waals surface area (Å²) in [6, 6.07) is 18.8. The molecule has 28 heavy (non-hydrogen) atoms. The summed E-state index contributed by atoms with van der Waals surface area (Å²) in [5.41, 5.74) is 1.82. The van der Waals surface area contributed by atoms with E-state index in [4.69, 9.17) is 9.47 Å². The van der Waals surface area contributed by atoms with E-state index in [1.807, 2.05) is 60.7 Å². The van der Waals surface area contributed by atoms with Gasteiger partial charge in [-0.05, 0) is 24.0 Å². The molecule has 0 saturated heterocycles. The van der Waals surface area contributed by atoms with Crippen LogP contribution in [0.3, 0.4) is 0 Å². The van der Waals surface area contributed by atoms with E-state index in [1.165, 1.54) is 0 Å². The summed E-state index contributed by atoms with van der Waals surface area (Å²) in [7, 11) is 0. The molecule has 0 saturated carbocycles. The highest BCUT2D eigenvalue weighted by Gasteiger charge is 2.16. The third-order valence-electron chi connectivity index (χ3n) is 4.13. The summed E-state index contributed by atoms with van der Waals surface area (Å²) in [6.45, 7) is 0.887. The van der Waals surface area contributed by atoms with Gasteiger partial charge in [-0.2, -0.15) is 0 Å². The molecule has 0 aliphatic heterocycles. The molecule has 2 aromatic carbocycles. The van der Waals surface area contributed by atoms with Crippen LogP contribution >= 0.6 is 0 Å². The first-order valence-electron chi connectivity index (χ1n) is 9.48. The van der Waals surface area contributed by atoms with Crippen LogP contribution in [0.25, 0.3) is 0 Å². The van der Waals surface area contributed by atoms with Crippen LogP contribution in [0.2, 0.25) is 0 Å². The van der Waals surface area contributed by atoms with Crippen LogP contribution in [0.15, 0.2) is 60.7 Å². The molecule has 0 radical (unpaired) electrons. The van der Waals surface area contributed by atoms with Gasteiger partial charge in [0.1, 0.15) is 13.2 Å². The van der Waals surface area contributed by atoms with Gasteiger partial charge < -0.3 is 19.9 Å². The second-order valence-electron chi connectivity index (χ2n) is 6.45. The summed E-state index contributed by atoms with van der Waals surface area (Å²) in [5, 5.41) is 12.5. The Balaban J connectivity index is 1.47. The highest BCUT2D eigenvalue weighted by Crippen LogP contribution is 2.07. The van der Waals surface area contributed by atoms with E-state index in [9.17, 15) is 14.7 Å². The first kappa shape index (κ1) is 21.4. The van der Waals surface area contributed by atoms with Crippen molar-refractivity contribution in [1.82, 2.24) is 5.32 Å². The maximum absolute atomic E-state index is 11.8. The third kappa shape index (κ3) is 8.68. The Bertz CT molecular complexity index is 705. The van der Waals surface area contributed by atoms with Crippen molar-refractivity contribution in [2.75, 3.05) is 6.54 Å². The molecule has 150 valence electrons. The number of carbonyl (C=O) groups excluding carboxylic acids is 2. The summed E-state index contributed by atoms with van der Waals surface area (Å²) >= 11 is 0. The molecule has 0 aliphatic carbocycles. The third-order valence-corrected chi connectivity index (χ3v) is 4.13. The number of nitrogens with one attached hydrogen (secondary N) is 1. The van der Waals surface area contributed by atoms with Crippen molar-refractivity contribution in [2.24, 2.45) is 0 Å². The van der Waals surface area contributed by atoms with Gasteiger partial charge in [-0.1, -0.05) is 73.5 Å². The van der Waals surface area contributed by atoms with Gasteiger partial charge in [-0.25, -0.2) is 9.59 Å². The summed E-state index contributed by atoms with van der Waals surface area (Å²) in [6.07, 6.45) is 0.962. The van der Waals surface area contributed by atoms with E-state index < -0.39 is 18.2 Å². The fraction of sp³-hybridized carbons (Fsp3) is 0.364. The van der Waals surface area contributed by atoms with Crippen LogP contribution < -0.4 is 5.32 Å². The molecule has 6 nitrogen and oxygen atoms in total. The Morgan fingerprint density at radius 1 is 0.821 bits per heavy atom. The van der Waals surface area contributed by atoms with Crippen molar-refractivity contribution in [3.8, 4) is 0 Å². The van der Waals surface area contributed by atoms with Crippen molar-refractivity contribution >= 4 is 12.1 Å². The van der Waals surface area contributed by atoms with Crippen molar-refractivity contribution in [1.29, 1.82) is 0 Å². The molecule has 2 N–H and O–H groups in total. The average Bonchev–Trinajstić information content (AvgIpc) is 2.74. The zero-order valence-electron chi connectivity index (χ0n) is 15.9. The smallest absolute Gasteiger partial charge is 0.407 e. The number of hydrogen-bond donors (Lipinski definition) is 2. The van der Waals surface area contributed by atoms with Gasteiger partial charge in [0.05, 0.1) is 0 Å². The molecule has 0 aromatic heterocycles. The number of aliphatic hydroxyl groups is 1. The molecule has 1 amide bonds. The van der Waals surface area contributed by atoms with Gasteiger partial charge >= 0.3 is 12.1 Å². The fourth-order valence-electron chi connectivity index (χ4n) is 2.55. The van der Waals surface area contributed by atoms with E-state index in [2.05, 4.69) is 5.32 Å². The van der Waals surface area contributed by atoms with Gasteiger partial charge in [-0.3, -0.25) is 0 Å². The fourth-order valence-corrected chi connectivity index (χ4v) is 2.55. The predicted molar refractivity (Wildman–Crippen MR) is 105 cm³/mol. The quantitative estimate of drug-likeness (QED) is 0.456. The largest absolute Gasteiger partial charge is 0.459 e. The van der Waals surface area contributed by atoms with Gasteiger partial charge in [0, 0.05) is 6.54 Å². The minimum Gasteiger partial charge on any atom is -0.459 e. The van der Waals surface area contributed by atoms with Crippen LogP contribution in [0.1, 0.15) is 36.8 Å². The Morgan fingerprint density at radius 2 is 1.39 bits per heavy atom. The molecule has 1 atom stereocenters. The van der Waals surface area contributed by atoms with Crippen LogP contribution in [-0.4, -0.2) is 29.8 Å². The van der Waals surface area contributed by atoms with Gasteiger partial charge in [0.2, 0.25) is 0 Å². The highest BCUT2D eigenvalue weighted by molar-refractivity contribution is 5.74. The van der Waals surface area contributed by atoms with Crippen LogP contribution in [0.5, 0.6) is 0 Å². The van der Waals surface area contributed by atoms with E-state index >= 15 is 0 Å². The van der Waals surface area contributed by atoms with Gasteiger partial charge in [0.25, 0.3) is 0 Å². The SMILES string of the molecule is O=C(NCCCCCC(O)C(=O)OCc1ccccc1)OCc1ccccc1. The molecule has 6 heteroatoms. The molecule has 0 spiro atoms. The van der Waals surface area contributed by atoms with E-state index in [-0.39, 0.29) is 13.2 Å². The summed E-state index contributed by atoms with van der Waals surface area (Å²) in [4.78, 5) is 23.4. The predicted octanol–water partition coefficient (Wildman–Crippen LogP) is 3.58. The van der Waals surface area contributed by atoms with Crippen molar-refractivity contribution < 1.29 is 24.2 Å². The maximum Gasteiger partial charge on any atom is 0.407 e. The van der Waals surface area contributed by atoms with Gasteiger partial charge in [-0.15, -0.1) is 0 Å². The molecule has 1 unspecified atom stereocenters. The number of aliphatic hydroxyl groups excluding tert-OH is 1. The van der Waals surface area contributed by atoms with E-state index in [1.54, 1.807) is 0 Å². The average molecular weight is 385 g/mol. The molecular weight excluding hydrogens is 358 g/mol. The minimum absolute atomic E-state index is 0.158. The van der Waals surface area contributed by atoms with Crippen LogP contribution in [-0.2, 0) is 27.5 Å². The lowest BCUT2D eigenvalue weighted by atomic mass is 10.1. The standard InChI is InChI=1S/C22H27NO5/c24-20(21(25)27-16-18-10-4-1-5-11-18)14-8-3-9-15-23-22(26)28-17-19-12-6-2-7-13-19/h1-2,4-7,10-13,20,24H,3,8-9,14-17H2,(H,23,26). The van der Waals surface area contributed by atoms with E-state index in [0.717, 1.165) is 24.0 Å². The molecule has 0 bridgehead atoms. The number of rotatable bonds is 11. The topological polar surface area (TPSA) is 84.9 Å². The number of benzene rings is 2. The summed E-state index contributed by atoms with van der Waals surface area (Å²) < 4.78 is 10.2. The molecule has 2 aromatic rings. The molecule has 0 heterocycles. The maximum atomic E-state index is 11.8. The lowest BCUT2D eigenvalue weighted by molar-refractivity contribution is -0.155. The summed E-state index contributed by atoms with van der Waals surface area (Å²) in [5.74, 6) is -0.605. The van der Waals surface area contributed by atoms with Crippen molar-refractivity contribution in [3.63, 3.8) is 0 Å². The zero-order valence-corrected chi connectivity index (χ0v) is 15.9. The highest BCUT2D eigenvalue weighted by atomic mass is 16.6.